The Balaban J connectivity index is 1.35. The largest absolute Gasteiger partial charge is 0.478 e. The molecule has 210 valence electrons. The molecule has 0 bridgehead atoms. The zero-order chi connectivity index (χ0) is 28.8. The van der Waals surface area contributed by atoms with E-state index in [1.54, 1.807) is 38.5 Å². The molecule has 0 aliphatic heterocycles. The van der Waals surface area contributed by atoms with E-state index in [1.165, 1.54) is 12.1 Å². The highest BCUT2D eigenvalue weighted by atomic mass is 19.1. The molecule has 0 amide bonds. The molecule has 1 N–H and O–H groups in total. The fourth-order valence-electron chi connectivity index (χ4n) is 4.68. The number of hydrogen-bond donors (Lipinski definition) is 1. The van der Waals surface area contributed by atoms with Gasteiger partial charge < -0.3 is 23.9 Å². The number of imidazole rings is 1. The average molecular weight is 556 g/mol. The molecule has 0 fully saturated rings. The second-order valence-corrected chi connectivity index (χ2v) is 9.57. The molecule has 5 aromatic rings. The van der Waals surface area contributed by atoms with Crippen molar-refractivity contribution in [3.05, 3.63) is 113 Å². The van der Waals surface area contributed by atoms with Gasteiger partial charge in [0.25, 0.3) is 0 Å². The smallest absolute Gasteiger partial charge is 0.335 e. The van der Waals surface area contributed by atoms with Gasteiger partial charge in [0.15, 0.2) is 0 Å². The lowest BCUT2D eigenvalue weighted by molar-refractivity contribution is 0.0697. The molecule has 0 aliphatic rings. The van der Waals surface area contributed by atoms with Crippen LogP contribution >= 0.6 is 0 Å². The maximum Gasteiger partial charge on any atom is 0.335 e. The monoisotopic (exact) mass is 555 g/mol. The van der Waals surface area contributed by atoms with E-state index in [4.69, 9.17) is 14.2 Å². The summed E-state index contributed by atoms with van der Waals surface area (Å²) in [5.41, 5.74) is 5.21. The van der Waals surface area contributed by atoms with Crippen LogP contribution in [-0.4, -0.2) is 46.4 Å². The normalized spacial score (nSPS) is 11.2. The van der Waals surface area contributed by atoms with Gasteiger partial charge >= 0.3 is 5.97 Å². The van der Waals surface area contributed by atoms with Gasteiger partial charge in [-0.25, -0.2) is 19.2 Å². The zero-order valence-electron chi connectivity index (χ0n) is 22.8. The highest BCUT2D eigenvalue weighted by molar-refractivity contribution is 5.92. The number of nitrogens with zero attached hydrogens (tertiary/aromatic N) is 3. The van der Waals surface area contributed by atoms with Gasteiger partial charge in [0.05, 0.1) is 35.5 Å². The lowest BCUT2D eigenvalue weighted by Gasteiger charge is -2.11. The first-order valence-electron chi connectivity index (χ1n) is 13.1. The number of pyridine rings is 1. The van der Waals surface area contributed by atoms with Crippen LogP contribution in [0.1, 0.15) is 32.9 Å². The van der Waals surface area contributed by atoms with E-state index in [-0.39, 0.29) is 17.8 Å². The summed E-state index contributed by atoms with van der Waals surface area (Å²) in [6.07, 6.45) is 0.228. The third-order valence-corrected chi connectivity index (χ3v) is 6.70. The van der Waals surface area contributed by atoms with E-state index >= 15 is 4.39 Å². The molecule has 41 heavy (non-hydrogen) atoms. The van der Waals surface area contributed by atoms with Crippen LogP contribution < -0.4 is 4.74 Å². The molecule has 0 spiro atoms. The molecular weight excluding hydrogens is 525 g/mol. The predicted molar refractivity (Wildman–Crippen MR) is 152 cm³/mol. The second kappa shape index (κ2) is 12.7. The van der Waals surface area contributed by atoms with Gasteiger partial charge in [-0.15, -0.1) is 0 Å². The number of aromatic carboxylic acids is 1. The third kappa shape index (κ3) is 6.59. The summed E-state index contributed by atoms with van der Waals surface area (Å²) in [5.74, 6) is -0.345. The Hall–Kier alpha value is -4.60. The minimum atomic E-state index is -1.02. The Bertz CT molecular complexity index is 1680. The first kappa shape index (κ1) is 27.9. The quantitative estimate of drug-likeness (QED) is 0.205. The summed E-state index contributed by atoms with van der Waals surface area (Å²) in [5, 5.41) is 9.42. The SMILES string of the molecule is COCCn1c(Cc2ccc(-c3cccc(OCc4cccc(COC)c4)n3)cc2F)nc2ccc(C(=O)O)cc21. The maximum absolute atomic E-state index is 15.4. The Kier molecular flexibility index (Phi) is 8.67. The van der Waals surface area contributed by atoms with E-state index < -0.39 is 5.97 Å². The standard InChI is InChI=1S/C32H30FN3O5/c1-39-14-13-36-29-17-25(32(37)38)11-12-28(29)34-30(36)18-23-9-10-24(16-26(23)33)27-7-4-8-31(35-27)41-20-22-6-3-5-21(15-22)19-40-2/h3-12,15-17H,13-14,18-20H2,1-2H3,(H,37,38). The lowest BCUT2D eigenvalue weighted by Crippen LogP contribution is -2.10. The van der Waals surface area contributed by atoms with Crippen LogP contribution in [0.5, 0.6) is 5.88 Å². The van der Waals surface area contributed by atoms with Gasteiger partial charge in [-0.2, -0.15) is 0 Å². The Morgan fingerprint density at radius 2 is 1.71 bits per heavy atom. The minimum Gasteiger partial charge on any atom is -0.478 e. The van der Waals surface area contributed by atoms with Crippen LogP contribution in [0.3, 0.4) is 0 Å². The summed E-state index contributed by atoms with van der Waals surface area (Å²) in [6.45, 7) is 1.73. The molecule has 8 nitrogen and oxygen atoms in total. The number of aromatic nitrogens is 3. The molecule has 3 aromatic carbocycles. The number of rotatable bonds is 12. The molecule has 0 atom stereocenters. The van der Waals surface area contributed by atoms with Crippen LogP contribution in [-0.2, 0) is 35.7 Å². The van der Waals surface area contributed by atoms with E-state index in [9.17, 15) is 9.90 Å². The molecule has 5 rings (SSSR count). The van der Waals surface area contributed by atoms with Gasteiger partial charge in [-0.05, 0) is 47.0 Å². The van der Waals surface area contributed by atoms with Gasteiger partial charge in [-0.1, -0.05) is 42.5 Å². The van der Waals surface area contributed by atoms with Crippen LogP contribution in [0.4, 0.5) is 4.39 Å². The number of hydrogen-bond acceptors (Lipinski definition) is 6. The first-order chi connectivity index (χ1) is 19.9. The van der Waals surface area contributed by atoms with Crippen molar-refractivity contribution >= 4 is 17.0 Å². The number of carboxylic acid groups (broad SMARTS) is 1. The van der Waals surface area contributed by atoms with Crippen LogP contribution in [0.2, 0.25) is 0 Å². The van der Waals surface area contributed by atoms with Crippen LogP contribution in [0, 0.1) is 5.82 Å². The van der Waals surface area contributed by atoms with Crippen molar-refractivity contribution < 1.29 is 28.5 Å². The van der Waals surface area contributed by atoms with Gasteiger partial charge in [0.2, 0.25) is 5.88 Å². The van der Waals surface area contributed by atoms with Crippen molar-refractivity contribution in [2.75, 3.05) is 20.8 Å². The minimum absolute atomic E-state index is 0.163. The highest BCUT2D eigenvalue weighted by Crippen LogP contribution is 2.26. The molecule has 2 aromatic heterocycles. The van der Waals surface area contributed by atoms with Crippen molar-refractivity contribution in [3.8, 4) is 17.1 Å². The van der Waals surface area contributed by atoms with Crippen LogP contribution in [0.25, 0.3) is 22.3 Å². The van der Waals surface area contributed by atoms with Gasteiger partial charge in [-0.3, -0.25) is 0 Å². The van der Waals surface area contributed by atoms with Crippen LogP contribution in [0.15, 0.2) is 78.9 Å². The van der Waals surface area contributed by atoms with Crippen molar-refractivity contribution in [2.24, 2.45) is 0 Å². The number of carbonyl (C=O) groups is 1. The van der Waals surface area contributed by atoms with E-state index in [0.717, 1.165) is 11.1 Å². The van der Waals surface area contributed by atoms with Crippen molar-refractivity contribution in [2.45, 2.75) is 26.2 Å². The molecule has 2 heterocycles. The average Bonchev–Trinajstić information content (AvgIpc) is 3.32. The van der Waals surface area contributed by atoms with Crippen molar-refractivity contribution in [1.82, 2.24) is 14.5 Å². The lowest BCUT2D eigenvalue weighted by atomic mass is 10.1. The van der Waals surface area contributed by atoms with E-state index in [1.807, 2.05) is 47.0 Å². The number of fused-ring (bicyclic) bond motifs is 1. The summed E-state index contributed by atoms with van der Waals surface area (Å²) in [7, 11) is 3.25. The number of benzene rings is 3. The molecule has 0 saturated heterocycles. The molecule has 0 radical (unpaired) electrons. The zero-order valence-corrected chi connectivity index (χ0v) is 22.8. The van der Waals surface area contributed by atoms with Gasteiger partial charge in [0, 0.05) is 38.8 Å². The molecule has 9 heteroatoms. The Labute approximate surface area is 237 Å². The van der Waals surface area contributed by atoms with E-state index in [2.05, 4.69) is 9.97 Å². The van der Waals surface area contributed by atoms with Crippen molar-refractivity contribution in [3.63, 3.8) is 0 Å². The summed E-state index contributed by atoms with van der Waals surface area (Å²) in [6, 6.07) is 23.1. The summed E-state index contributed by atoms with van der Waals surface area (Å²) < 4.78 is 33.6. The Morgan fingerprint density at radius 1 is 0.902 bits per heavy atom. The first-order valence-corrected chi connectivity index (χ1v) is 13.1. The molecule has 0 aliphatic carbocycles. The summed E-state index contributed by atoms with van der Waals surface area (Å²) in [4.78, 5) is 20.7. The van der Waals surface area contributed by atoms with E-state index in [0.29, 0.717) is 65.9 Å². The maximum atomic E-state index is 15.4. The summed E-state index contributed by atoms with van der Waals surface area (Å²) >= 11 is 0. The third-order valence-electron chi connectivity index (χ3n) is 6.70. The van der Waals surface area contributed by atoms with Crippen molar-refractivity contribution in [1.29, 1.82) is 0 Å². The highest BCUT2D eigenvalue weighted by Gasteiger charge is 2.16. The molecule has 0 saturated carbocycles. The topological polar surface area (TPSA) is 95.7 Å². The number of ether oxygens (including phenoxy) is 3. The Morgan fingerprint density at radius 3 is 2.46 bits per heavy atom. The molecule has 0 unspecified atom stereocenters. The predicted octanol–water partition coefficient (Wildman–Crippen LogP) is 5.90. The number of halogens is 1. The fourth-order valence-corrected chi connectivity index (χ4v) is 4.68. The number of methoxy groups -OCH3 is 2. The fraction of sp³-hybridized carbons (Fsp3) is 0.219. The molecular formula is C32H30FN3O5. The second-order valence-electron chi connectivity index (χ2n) is 9.57. The van der Waals surface area contributed by atoms with Gasteiger partial charge in [0.1, 0.15) is 18.2 Å². The number of carboxylic acids is 1.